The molecule has 0 radical (unpaired) electrons. The van der Waals surface area contributed by atoms with Crippen LogP contribution in [0.1, 0.15) is 23.9 Å². The number of nitrogens with zero attached hydrogens (tertiary/aromatic N) is 6. The highest BCUT2D eigenvalue weighted by atomic mass is 16.5. The van der Waals surface area contributed by atoms with Crippen LogP contribution in [-0.4, -0.2) is 42.4 Å². The molecule has 3 heterocycles. The van der Waals surface area contributed by atoms with Gasteiger partial charge in [-0.1, -0.05) is 6.07 Å². The van der Waals surface area contributed by atoms with E-state index in [2.05, 4.69) is 47.4 Å². The fourth-order valence-electron chi connectivity index (χ4n) is 3.24. The van der Waals surface area contributed by atoms with Gasteiger partial charge in [-0.3, -0.25) is 4.90 Å². The second-order valence-corrected chi connectivity index (χ2v) is 6.26. The summed E-state index contributed by atoms with van der Waals surface area (Å²) >= 11 is 0. The van der Waals surface area contributed by atoms with Crippen molar-refractivity contribution in [2.75, 3.05) is 13.2 Å². The SMILES string of the molecule is CCOc1ccc(CN2CCn3cnnc3C2)cc1Cn1ccnc1. The molecule has 1 aromatic carbocycles. The molecule has 1 aliphatic heterocycles. The molecule has 25 heavy (non-hydrogen) atoms. The van der Waals surface area contributed by atoms with E-state index in [1.807, 2.05) is 25.8 Å². The normalized spacial score (nSPS) is 14.4. The zero-order valence-electron chi connectivity index (χ0n) is 14.4. The molecule has 2 aromatic heterocycles. The predicted octanol–water partition coefficient (Wildman–Crippen LogP) is 1.94. The predicted molar refractivity (Wildman–Crippen MR) is 93.1 cm³/mol. The van der Waals surface area contributed by atoms with Gasteiger partial charge in [-0.15, -0.1) is 10.2 Å². The van der Waals surface area contributed by atoms with Crippen LogP contribution in [0.4, 0.5) is 0 Å². The number of imidazole rings is 1. The number of hydrogen-bond acceptors (Lipinski definition) is 5. The summed E-state index contributed by atoms with van der Waals surface area (Å²) in [5.74, 6) is 1.98. The van der Waals surface area contributed by atoms with Crippen molar-refractivity contribution >= 4 is 0 Å². The van der Waals surface area contributed by atoms with Crippen molar-refractivity contribution in [1.82, 2.24) is 29.2 Å². The number of ether oxygens (including phenoxy) is 1. The molecule has 0 amide bonds. The Morgan fingerprint density at radius 2 is 2.12 bits per heavy atom. The van der Waals surface area contributed by atoms with Gasteiger partial charge < -0.3 is 13.9 Å². The Morgan fingerprint density at radius 3 is 2.96 bits per heavy atom. The first kappa shape index (κ1) is 15.8. The average Bonchev–Trinajstić information content (AvgIpc) is 3.28. The van der Waals surface area contributed by atoms with Crippen molar-refractivity contribution in [3.63, 3.8) is 0 Å². The molecule has 0 aliphatic carbocycles. The van der Waals surface area contributed by atoms with E-state index < -0.39 is 0 Å². The minimum absolute atomic E-state index is 0.665. The van der Waals surface area contributed by atoms with E-state index in [9.17, 15) is 0 Å². The van der Waals surface area contributed by atoms with Crippen molar-refractivity contribution in [3.05, 3.63) is 60.2 Å². The Labute approximate surface area is 146 Å². The monoisotopic (exact) mass is 338 g/mol. The average molecular weight is 338 g/mol. The van der Waals surface area contributed by atoms with E-state index in [-0.39, 0.29) is 0 Å². The van der Waals surface area contributed by atoms with Crippen LogP contribution in [0.15, 0.2) is 43.2 Å². The molecular formula is C18H22N6O. The molecule has 0 saturated heterocycles. The van der Waals surface area contributed by atoms with Crippen LogP contribution in [0.5, 0.6) is 5.75 Å². The Morgan fingerprint density at radius 1 is 1.16 bits per heavy atom. The standard InChI is InChI=1S/C18H22N6O/c1-2-25-17-4-3-15(9-16(17)11-23-6-5-19-13-23)10-22-7-8-24-14-20-21-18(24)12-22/h3-6,9,13-14H,2,7-8,10-12H2,1H3. The van der Waals surface area contributed by atoms with Crippen LogP contribution < -0.4 is 4.74 Å². The molecule has 0 N–H and O–H groups in total. The van der Waals surface area contributed by atoms with Crippen molar-refractivity contribution in [3.8, 4) is 5.75 Å². The Balaban J connectivity index is 1.52. The first-order chi connectivity index (χ1) is 12.3. The molecule has 0 unspecified atom stereocenters. The third kappa shape index (κ3) is 3.56. The molecule has 7 nitrogen and oxygen atoms in total. The van der Waals surface area contributed by atoms with E-state index in [0.717, 1.165) is 44.3 Å². The fourth-order valence-corrected chi connectivity index (χ4v) is 3.24. The second-order valence-electron chi connectivity index (χ2n) is 6.26. The van der Waals surface area contributed by atoms with Crippen LogP contribution in [0, 0.1) is 0 Å². The van der Waals surface area contributed by atoms with Crippen molar-refractivity contribution in [2.24, 2.45) is 0 Å². The van der Waals surface area contributed by atoms with Crippen molar-refractivity contribution in [1.29, 1.82) is 0 Å². The molecule has 3 aromatic rings. The van der Waals surface area contributed by atoms with E-state index >= 15 is 0 Å². The van der Waals surface area contributed by atoms with E-state index in [4.69, 9.17) is 4.74 Å². The van der Waals surface area contributed by atoms with E-state index in [0.29, 0.717) is 6.61 Å². The molecule has 4 rings (SSSR count). The lowest BCUT2D eigenvalue weighted by Gasteiger charge is -2.27. The Kier molecular flexibility index (Phi) is 4.47. The molecule has 0 spiro atoms. The summed E-state index contributed by atoms with van der Waals surface area (Å²) in [7, 11) is 0. The molecule has 7 heteroatoms. The first-order valence-corrected chi connectivity index (χ1v) is 8.61. The van der Waals surface area contributed by atoms with E-state index in [1.165, 1.54) is 11.1 Å². The zero-order valence-corrected chi connectivity index (χ0v) is 14.4. The smallest absolute Gasteiger partial charge is 0.147 e. The van der Waals surface area contributed by atoms with Gasteiger partial charge in [0.1, 0.15) is 17.9 Å². The van der Waals surface area contributed by atoms with E-state index in [1.54, 1.807) is 6.20 Å². The molecule has 130 valence electrons. The number of benzene rings is 1. The van der Waals surface area contributed by atoms with Gasteiger partial charge in [0, 0.05) is 37.6 Å². The Bertz CT molecular complexity index is 826. The number of rotatable bonds is 6. The first-order valence-electron chi connectivity index (χ1n) is 8.61. The third-order valence-electron chi connectivity index (χ3n) is 4.46. The van der Waals surface area contributed by atoms with Crippen LogP contribution >= 0.6 is 0 Å². The zero-order chi connectivity index (χ0) is 17.1. The van der Waals surface area contributed by atoms with Crippen molar-refractivity contribution in [2.45, 2.75) is 33.1 Å². The summed E-state index contributed by atoms with van der Waals surface area (Å²) in [6, 6.07) is 6.48. The van der Waals surface area contributed by atoms with Crippen molar-refractivity contribution < 1.29 is 4.74 Å². The molecule has 0 bridgehead atoms. The third-order valence-corrected chi connectivity index (χ3v) is 4.46. The summed E-state index contributed by atoms with van der Waals surface area (Å²) < 4.78 is 9.98. The minimum atomic E-state index is 0.665. The molecular weight excluding hydrogens is 316 g/mol. The maximum Gasteiger partial charge on any atom is 0.147 e. The quantitative estimate of drug-likeness (QED) is 0.687. The van der Waals surface area contributed by atoms with Crippen LogP contribution in [0.25, 0.3) is 0 Å². The molecule has 0 saturated carbocycles. The lowest BCUT2D eigenvalue weighted by atomic mass is 10.1. The summed E-state index contributed by atoms with van der Waals surface area (Å²) in [5.41, 5.74) is 2.46. The topological polar surface area (TPSA) is 61.0 Å². The van der Waals surface area contributed by atoms with Gasteiger partial charge in [0.2, 0.25) is 0 Å². The fraction of sp³-hybridized carbons (Fsp3) is 0.389. The number of hydrogen-bond donors (Lipinski definition) is 0. The number of fused-ring (bicyclic) bond motifs is 1. The lowest BCUT2D eigenvalue weighted by molar-refractivity contribution is 0.208. The van der Waals surface area contributed by atoms with Gasteiger partial charge in [0.05, 0.1) is 26.0 Å². The van der Waals surface area contributed by atoms with Crippen LogP contribution in [-0.2, 0) is 26.2 Å². The largest absolute Gasteiger partial charge is 0.494 e. The highest BCUT2D eigenvalue weighted by Gasteiger charge is 2.18. The summed E-state index contributed by atoms with van der Waals surface area (Å²) in [5, 5.41) is 8.19. The summed E-state index contributed by atoms with van der Waals surface area (Å²) in [6.45, 7) is 7.13. The molecule has 0 fully saturated rings. The maximum absolute atomic E-state index is 5.80. The molecule has 1 aliphatic rings. The van der Waals surface area contributed by atoms with Crippen LogP contribution in [0.2, 0.25) is 0 Å². The maximum atomic E-state index is 5.80. The second kappa shape index (κ2) is 7.06. The lowest BCUT2D eigenvalue weighted by Crippen LogP contribution is -2.33. The highest BCUT2D eigenvalue weighted by molar-refractivity contribution is 5.37. The van der Waals surface area contributed by atoms with Gasteiger partial charge >= 0.3 is 0 Å². The minimum Gasteiger partial charge on any atom is -0.494 e. The van der Waals surface area contributed by atoms with Gasteiger partial charge in [-0.2, -0.15) is 0 Å². The van der Waals surface area contributed by atoms with Gasteiger partial charge in [0.25, 0.3) is 0 Å². The Hall–Kier alpha value is -2.67. The van der Waals surface area contributed by atoms with Gasteiger partial charge in [-0.05, 0) is 24.6 Å². The summed E-state index contributed by atoms with van der Waals surface area (Å²) in [4.78, 5) is 6.53. The highest BCUT2D eigenvalue weighted by Crippen LogP contribution is 2.23. The summed E-state index contributed by atoms with van der Waals surface area (Å²) in [6.07, 6.45) is 7.42. The van der Waals surface area contributed by atoms with Gasteiger partial charge in [-0.25, -0.2) is 4.98 Å². The van der Waals surface area contributed by atoms with Gasteiger partial charge in [0.15, 0.2) is 0 Å². The molecule has 0 atom stereocenters. The number of aromatic nitrogens is 5. The van der Waals surface area contributed by atoms with Crippen LogP contribution in [0.3, 0.4) is 0 Å².